The molecule has 1 N–H and O–H groups in total. The molecule has 0 bridgehead atoms. The molecule has 2 aromatic carbocycles. The summed E-state index contributed by atoms with van der Waals surface area (Å²) >= 11 is 7.25. The van der Waals surface area contributed by atoms with E-state index in [4.69, 9.17) is 16.0 Å². The number of rotatable bonds is 4. The van der Waals surface area contributed by atoms with E-state index >= 15 is 0 Å². The number of β-amino-alcohol motifs (C(OH)–C–C–N with tert-alkyl or cyclic N) is 1. The molecule has 0 radical (unpaired) electrons. The molecule has 3 aromatic rings. The Labute approximate surface area is 181 Å². The average molecular weight is 441 g/mol. The molecule has 0 atom stereocenters. The van der Waals surface area contributed by atoms with Crippen LogP contribution in [0.25, 0.3) is 17.0 Å². The third kappa shape index (κ3) is 4.18. The van der Waals surface area contributed by atoms with Crippen molar-refractivity contribution >= 4 is 57.2 Å². The number of halogens is 1. The number of hydrogen-bond acceptors (Lipinski definition) is 6. The molecule has 0 spiro atoms. The van der Waals surface area contributed by atoms with Gasteiger partial charge >= 0.3 is 5.63 Å². The number of aliphatic hydroxyl groups excluding tert-OH is 1. The number of fused-ring (bicyclic) bond motifs is 1. The van der Waals surface area contributed by atoms with Crippen molar-refractivity contribution in [2.75, 3.05) is 13.2 Å². The second-order valence-corrected chi connectivity index (χ2v) is 8.11. The maximum atomic E-state index is 12.8. The second kappa shape index (κ2) is 8.47. The van der Waals surface area contributed by atoms with Crippen LogP contribution in [0.15, 0.2) is 67.6 Å². The molecule has 0 aliphatic carbocycles. The first-order valence-electron chi connectivity index (χ1n) is 9.15. The molecule has 30 heavy (non-hydrogen) atoms. The fourth-order valence-electron chi connectivity index (χ4n) is 3.13. The highest BCUT2D eigenvalue weighted by atomic mass is 35.5. The summed E-state index contributed by atoms with van der Waals surface area (Å²) < 4.78 is 5.28. The van der Waals surface area contributed by atoms with Gasteiger partial charge in [0.25, 0.3) is 5.91 Å². The van der Waals surface area contributed by atoms with Crippen molar-refractivity contribution in [2.24, 2.45) is 4.99 Å². The van der Waals surface area contributed by atoms with Crippen molar-refractivity contribution in [3.63, 3.8) is 0 Å². The Morgan fingerprint density at radius 3 is 2.80 bits per heavy atom. The number of carbonyl (C=O) groups is 1. The maximum Gasteiger partial charge on any atom is 0.336 e. The van der Waals surface area contributed by atoms with E-state index in [1.807, 2.05) is 25.1 Å². The normalized spacial score (nSPS) is 16.9. The van der Waals surface area contributed by atoms with Crippen molar-refractivity contribution in [1.29, 1.82) is 0 Å². The van der Waals surface area contributed by atoms with Crippen molar-refractivity contribution in [2.45, 2.75) is 6.92 Å². The molecule has 4 rings (SSSR count). The van der Waals surface area contributed by atoms with Gasteiger partial charge in [-0.25, -0.2) is 9.79 Å². The van der Waals surface area contributed by atoms with Gasteiger partial charge in [0.15, 0.2) is 5.17 Å². The fourth-order valence-corrected chi connectivity index (χ4v) is 4.35. The Bertz CT molecular complexity index is 1270. The molecule has 2 heterocycles. The molecule has 8 heteroatoms. The summed E-state index contributed by atoms with van der Waals surface area (Å²) in [5.74, 6) is -0.240. The topological polar surface area (TPSA) is 83.1 Å². The van der Waals surface area contributed by atoms with Crippen LogP contribution in [0.1, 0.15) is 11.1 Å². The van der Waals surface area contributed by atoms with Gasteiger partial charge in [-0.2, -0.15) is 0 Å². The first kappa shape index (κ1) is 20.4. The molecular weight excluding hydrogens is 424 g/mol. The molecule has 0 unspecified atom stereocenters. The Balaban J connectivity index is 1.73. The first-order valence-corrected chi connectivity index (χ1v) is 10.3. The summed E-state index contributed by atoms with van der Waals surface area (Å²) in [6.45, 7) is 1.77. The third-order valence-electron chi connectivity index (χ3n) is 4.52. The van der Waals surface area contributed by atoms with E-state index in [2.05, 4.69) is 4.99 Å². The third-order valence-corrected chi connectivity index (χ3v) is 5.76. The lowest BCUT2D eigenvalue weighted by molar-refractivity contribution is -0.122. The molecule has 1 aliphatic heterocycles. The lowest BCUT2D eigenvalue weighted by Gasteiger charge is -2.13. The molecular formula is C22H17ClN2O4S. The van der Waals surface area contributed by atoms with Crippen LogP contribution < -0.4 is 5.63 Å². The molecule has 1 fully saturated rings. The number of carbonyl (C=O) groups excluding carboxylic acids is 1. The fraction of sp³-hybridized carbons (Fsp3) is 0.136. The molecule has 1 saturated heterocycles. The number of nitrogens with zero attached hydrogens (tertiary/aromatic N) is 2. The van der Waals surface area contributed by atoms with Gasteiger partial charge in [0, 0.05) is 22.5 Å². The second-order valence-electron chi connectivity index (χ2n) is 6.67. The van der Waals surface area contributed by atoms with E-state index in [0.29, 0.717) is 26.4 Å². The summed E-state index contributed by atoms with van der Waals surface area (Å²) in [6, 6.07) is 13.9. The first-order chi connectivity index (χ1) is 14.4. The number of thioether (sulfide) groups is 1. The van der Waals surface area contributed by atoms with Crippen molar-refractivity contribution < 1.29 is 14.3 Å². The van der Waals surface area contributed by atoms with Crippen LogP contribution in [-0.2, 0) is 4.79 Å². The minimum Gasteiger partial charge on any atom is -0.423 e. The van der Waals surface area contributed by atoms with E-state index in [1.165, 1.54) is 22.7 Å². The lowest BCUT2D eigenvalue weighted by Crippen LogP contribution is -2.31. The lowest BCUT2D eigenvalue weighted by atomic mass is 10.1. The Kier molecular flexibility index (Phi) is 5.76. The van der Waals surface area contributed by atoms with Crippen LogP contribution in [-0.4, -0.2) is 34.2 Å². The van der Waals surface area contributed by atoms with Gasteiger partial charge in [0.1, 0.15) is 5.58 Å². The summed E-state index contributed by atoms with van der Waals surface area (Å²) in [5, 5.41) is 11.2. The zero-order valence-electron chi connectivity index (χ0n) is 16.0. The summed E-state index contributed by atoms with van der Waals surface area (Å²) in [5.41, 5.74) is 2.16. The summed E-state index contributed by atoms with van der Waals surface area (Å²) in [6.07, 6.45) is 1.74. The van der Waals surface area contributed by atoms with Crippen molar-refractivity contribution in [3.05, 3.63) is 80.0 Å². The Morgan fingerprint density at radius 1 is 1.20 bits per heavy atom. The van der Waals surface area contributed by atoms with Gasteiger partial charge in [0.05, 0.1) is 23.7 Å². The highest BCUT2D eigenvalue weighted by Crippen LogP contribution is 2.34. The molecule has 1 aromatic heterocycles. The van der Waals surface area contributed by atoms with Crippen LogP contribution in [0.3, 0.4) is 0 Å². The molecule has 0 saturated carbocycles. The van der Waals surface area contributed by atoms with E-state index in [9.17, 15) is 14.7 Å². The van der Waals surface area contributed by atoms with E-state index in [1.54, 1.807) is 30.3 Å². The van der Waals surface area contributed by atoms with Crippen LogP contribution in [0.4, 0.5) is 5.69 Å². The van der Waals surface area contributed by atoms with Crippen molar-refractivity contribution in [3.8, 4) is 0 Å². The monoisotopic (exact) mass is 440 g/mol. The number of aliphatic hydroxyl groups is 1. The molecule has 1 amide bonds. The minimum absolute atomic E-state index is 0.124. The Morgan fingerprint density at radius 2 is 2.03 bits per heavy atom. The summed E-state index contributed by atoms with van der Waals surface area (Å²) in [7, 11) is 0. The highest BCUT2D eigenvalue weighted by Gasteiger charge is 2.33. The van der Waals surface area contributed by atoms with Crippen LogP contribution in [0.5, 0.6) is 0 Å². The largest absolute Gasteiger partial charge is 0.423 e. The predicted molar refractivity (Wildman–Crippen MR) is 120 cm³/mol. The van der Waals surface area contributed by atoms with Crippen LogP contribution in [0, 0.1) is 6.92 Å². The van der Waals surface area contributed by atoms with Gasteiger partial charge < -0.3 is 9.52 Å². The van der Waals surface area contributed by atoms with Gasteiger partial charge in [0.2, 0.25) is 0 Å². The predicted octanol–water partition coefficient (Wildman–Crippen LogP) is 4.35. The standard InChI is InChI=1S/C22H17ClN2O4S/c1-13-9-20(27)29-18-12-16(5-6-17(13)18)24-22-25(7-8-26)21(28)19(30-22)11-14-3-2-4-15(23)10-14/h2-6,9-12,26H,7-8H2,1H3/b19-11-,24-22?. The number of hydrogen-bond donors (Lipinski definition) is 1. The number of benzene rings is 2. The zero-order chi connectivity index (χ0) is 21.3. The molecule has 1 aliphatic rings. The van der Waals surface area contributed by atoms with Crippen LogP contribution in [0.2, 0.25) is 5.02 Å². The molecule has 152 valence electrons. The van der Waals surface area contributed by atoms with E-state index in [0.717, 1.165) is 16.5 Å². The van der Waals surface area contributed by atoms with E-state index < -0.39 is 5.63 Å². The number of amidine groups is 1. The number of aryl methyl sites for hydroxylation is 1. The van der Waals surface area contributed by atoms with Gasteiger partial charge in [-0.3, -0.25) is 9.69 Å². The SMILES string of the molecule is Cc1cc(=O)oc2cc(N=C3S/C(=C\c4cccc(Cl)c4)C(=O)N3CCO)ccc12. The van der Waals surface area contributed by atoms with Crippen LogP contribution >= 0.6 is 23.4 Å². The summed E-state index contributed by atoms with van der Waals surface area (Å²) in [4.78, 5) is 31.0. The van der Waals surface area contributed by atoms with Gasteiger partial charge in [-0.15, -0.1) is 0 Å². The van der Waals surface area contributed by atoms with E-state index in [-0.39, 0.29) is 19.1 Å². The maximum absolute atomic E-state index is 12.8. The number of aliphatic imine (C=N–C) groups is 1. The molecule has 6 nitrogen and oxygen atoms in total. The van der Waals surface area contributed by atoms with Crippen molar-refractivity contribution in [1.82, 2.24) is 4.90 Å². The zero-order valence-corrected chi connectivity index (χ0v) is 17.5. The van der Waals surface area contributed by atoms with Gasteiger partial charge in [-0.1, -0.05) is 23.7 Å². The smallest absolute Gasteiger partial charge is 0.336 e. The van der Waals surface area contributed by atoms with Gasteiger partial charge in [-0.05, 0) is 60.2 Å². The highest BCUT2D eigenvalue weighted by molar-refractivity contribution is 8.18. The Hall–Kier alpha value is -2.87. The average Bonchev–Trinajstić information content (AvgIpc) is 2.97. The number of amides is 1. The minimum atomic E-state index is -0.427. The quantitative estimate of drug-likeness (QED) is 0.481.